The van der Waals surface area contributed by atoms with Gasteiger partial charge in [0.2, 0.25) is 0 Å². The van der Waals surface area contributed by atoms with Crippen LogP contribution in [0.2, 0.25) is 0 Å². The van der Waals surface area contributed by atoms with E-state index in [0.29, 0.717) is 17.6 Å². The van der Waals surface area contributed by atoms with Crippen LogP contribution in [-0.2, 0) is 4.79 Å². The molecule has 0 aromatic rings. The minimum absolute atomic E-state index is 0.398. The van der Waals surface area contributed by atoms with Crippen molar-refractivity contribution in [1.29, 1.82) is 0 Å². The van der Waals surface area contributed by atoms with E-state index in [1.165, 1.54) is 231 Å². The monoisotopic (exact) mass is 914 g/mol. The summed E-state index contributed by atoms with van der Waals surface area (Å²) in [6, 6.07) is 0. The highest BCUT2D eigenvalue weighted by Crippen LogP contribution is 2.47. The SMILES string of the molecule is O=C(/C(=C/I)C1CC(CCCCCC2CCCCCCCCCCC2)C1)/C(=C/I)C1CC(CCCCCC2CCCCCCCCCCC2)C1. The average molecular weight is 915 g/mol. The van der Waals surface area contributed by atoms with Crippen LogP contribution in [0.3, 0.4) is 0 Å². The molecule has 288 valence electrons. The quantitative estimate of drug-likeness (QED) is 0.0857. The predicted molar refractivity (Wildman–Crippen MR) is 236 cm³/mol. The summed E-state index contributed by atoms with van der Waals surface area (Å²) in [7, 11) is 0. The van der Waals surface area contributed by atoms with E-state index in [1.807, 2.05) is 0 Å². The Morgan fingerprint density at radius 1 is 0.380 bits per heavy atom. The van der Waals surface area contributed by atoms with Gasteiger partial charge in [0.05, 0.1) is 0 Å². The lowest BCUT2D eigenvalue weighted by Crippen LogP contribution is -2.33. The Kier molecular flexibility index (Phi) is 23.6. The van der Waals surface area contributed by atoms with E-state index in [2.05, 4.69) is 53.3 Å². The average Bonchev–Trinajstić information content (AvgIpc) is 3.07. The standard InChI is InChI=1S/C47H80I2O/c48-37-45(43-33-41(34-43)31-23-15-21-29-39-25-17-11-7-3-1-4-8-12-18-26-39)47(50)46(38-49)44-35-42(36-44)32-24-16-22-30-40-27-19-13-9-5-2-6-10-14-20-28-40/h37-44H,1-36H2/b45-37+,46-38+. The molecule has 4 aliphatic carbocycles. The Bertz CT molecular complexity index is 843. The molecule has 0 N–H and O–H groups in total. The van der Waals surface area contributed by atoms with Gasteiger partial charge in [0.1, 0.15) is 0 Å². The maximum Gasteiger partial charge on any atom is 0.186 e. The molecule has 0 amide bonds. The van der Waals surface area contributed by atoms with Gasteiger partial charge in [-0.3, -0.25) is 4.79 Å². The lowest BCUT2D eigenvalue weighted by atomic mass is 9.65. The van der Waals surface area contributed by atoms with Crippen LogP contribution < -0.4 is 0 Å². The van der Waals surface area contributed by atoms with Crippen molar-refractivity contribution < 1.29 is 4.79 Å². The van der Waals surface area contributed by atoms with Gasteiger partial charge in [-0.25, -0.2) is 0 Å². The van der Waals surface area contributed by atoms with Gasteiger partial charge >= 0.3 is 0 Å². The smallest absolute Gasteiger partial charge is 0.186 e. The van der Waals surface area contributed by atoms with Gasteiger partial charge in [0, 0.05) is 11.1 Å². The number of hydrogen-bond acceptors (Lipinski definition) is 1. The summed E-state index contributed by atoms with van der Waals surface area (Å²) in [5.74, 6) is 5.16. The van der Waals surface area contributed by atoms with Gasteiger partial charge < -0.3 is 0 Å². The van der Waals surface area contributed by atoms with E-state index in [0.717, 1.165) is 34.8 Å². The second kappa shape index (κ2) is 27.2. The first-order valence-electron chi connectivity index (χ1n) is 22.8. The highest BCUT2D eigenvalue weighted by atomic mass is 127. The maximum atomic E-state index is 13.8. The fourth-order valence-corrected chi connectivity index (χ4v) is 12.0. The van der Waals surface area contributed by atoms with Crippen molar-refractivity contribution in [2.24, 2.45) is 35.5 Å². The number of halogens is 2. The zero-order chi connectivity index (χ0) is 35.1. The second-order valence-electron chi connectivity index (χ2n) is 18.1. The zero-order valence-electron chi connectivity index (χ0n) is 32.7. The van der Waals surface area contributed by atoms with Crippen LogP contribution in [0.5, 0.6) is 0 Å². The van der Waals surface area contributed by atoms with Crippen LogP contribution in [0, 0.1) is 35.5 Å². The topological polar surface area (TPSA) is 17.1 Å². The third-order valence-corrected chi connectivity index (χ3v) is 15.4. The van der Waals surface area contributed by atoms with Gasteiger partial charge in [-0.2, -0.15) is 0 Å². The Balaban J connectivity index is 1.04. The normalized spacial score (nSPS) is 28.3. The Hall–Kier alpha value is 0.610. The molecule has 4 aliphatic rings. The fraction of sp³-hybridized carbons (Fsp3) is 0.894. The van der Waals surface area contributed by atoms with Gasteiger partial charge in [0.15, 0.2) is 5.78 Å². The number of carbonyl (C=O) groups is 1. The lowest BCUT2D eigenvalue weighted by molar-refractivity contribution is -0.114. The molecular weight excluding hydrogens is 834 g/mol. The van der Waals surface area contributed by atoms with Crippen molar-refractivity contribution in [3.05, 3.63) is 19.3 Å². The largest absolute Gasteiger partial charge is 0.289 e. The predicted octanol–water partition coefficient (Wildman–Crippen LogP) is 17.0. The van der Waals surface area contributed by atoms with Crippen LogP contribution in [0.4, 0.5) is 0 Å². The maximum absolute atomic E-state index is 13.8. The Morgan fingerprint density at radius 3 is 0.920 bits per heavy atom. The molecule has 0 radical (unpaired) electrons. The molecule has 0 unspecified atom stereocenters. The number of rotatable bonds is 16. The summed E-state index contributed by atoms with van der Waals surface area (Å²) in [4.78, 5) is 13.8. The van der Waals surface area contributed by atoms with Gasteiger partial charge in [-0.05, 0) is 69.4 Å². The molecule has 50 heavy (non-hydrogen) atoms. The highest BCUT2D eigenvalue weighted by molar-refractivity contribution is 14.1. The van der Waals surface area contributed by atoms with E-state index < -0.39 is 0 Å². The first-order chi connectivity index (χ1) is 24.7. The molecule has 0 atom stereocenters. The zero-order valence-corrected chi connectivity index (χ0v) is 37.1. The number of Topliss-reactive ketones (excluding diaryl/α,β-unsaturated/α-hetero) is 1. The van der Waals surface area contributed by atoms with E-state index in [4.69, 9.17) is 0 Å². The Labute approximate surface area is 339 Å². The molecule has 0 saturated heterocycles. The third-order valence-electron chi connectivity index (χ3n) is 14.0. The van der Waals surface area contributed by atoms with Crippen molar-refractivity contribution in [2.75, 3.05) is 0 Å². The molecule has 4 saturated carbocycles. The Morgan fingerprint density at radius 2 is 0.640 bits per heavy atom. The van der Waals surface area contributed by atoms with Crippen molar-refractivity contribution in [3.63, 3.8) is 0 Å². The van der Waals surface area contributed by atoms with Crippen molar-refractivity contribution in [2.45, 2.75) is 231 Å². The summed E-state index contributed by atoms with van der Waals surface area (Å²) in [6.45, 7) is 0. The highest BCUT2D eigenvalue weighted by Gasteiger charge is 2.39. The van der Waals surface area contributed by atoms with Crippen molar-refractivity contribution in [3.8, 4) is 0 Å². The fourth-order valence-electron chi connectivity index (χ4n) is 10.4. The molecule has 0 aliphatic heterocycles. The van der Waals surface area contributed by atoms with Crippen molar-refractivity contribution in [1.82, 2.24) is 0 Å². The molecule has 0 aromatic heterocycles. The summed E-state index contributed by atoms with van der Waals surface area (Å²) in [6.07, 6.45) is 52.0. The third kappa shape index (κ3) is 17.0. The van der Waals surface area contributed by atoms with Gasteiger partial charge in [-0.1, -0.05) is 251 Å². The number of ketones is 1. The molecule has 0 aromatic carbocycles. The molecule has 3 heteroatoms. The first kappa shape index (κ1) is 43.3. The van der Waals surface area contributed by atoms with E-state index in [1.54, 1.807) is 0 Å². The van der Waals surface area contributed by atoms with Gasteiger partial charge in [-0.15, -0.1) is 0 Å². The lowest BCUT2D eigenvalue weighted by Gasteiger charge is -2.40. The van der Waals surface area contributed by atoms with Crippen LogP contribution in [0.25, 0.3) is 0 Å². The van der Waals surface area contributed by atoms with E-state index in [9.17, 15) is 4.79 Å². The first-order valence-corrected chi connectivity index (χ1v) is 25.3. The molecular formula is C47H80I2O. The van der Waals surface area contributed by atoms with Crippen molar-refractivity contribution >= 4 is 51.0 Å². The molecule has 0 spiro atoms. The van der Waals surface area contributed by atoms with E-state index in [-0.39, 0.29) is 0 Å². The second-order valence-corrected chi connectivity index (χ2v) is 19.3. The molecule has 0 heterocycles. The number of carbonyl (C=O) groups excluding carboxylic acids is 1. The van der Waals surface area contributed by atoms with Gasteiger partial charge in [0.25, 0.3) is 0 Å². The van der Waals surface area contributed by atoms with Crippen LogP contribution in [0.1, 0.15) is 231 Å². The molecule has 1 nitrogen and oxygen atoms in total. The minimum Gasteiger partial charge on any atom is -0.289 e. The van der Waals surface area contributed by atoms with E-state index >= 15 is 0 Å². The minimum atomic E-state index is 0.398. The number of unbranched alkanes of at least 4 members (excludes halogenated alkanes) is 4. The summed E-state index contributed by atoms with van der Waals surface area (Å²) < 4.78 is 4.31. The van der Waals surface area contributed by atoms with Crippen LogP contribution in [-0.4, -0.2) is 5.78 Å². The summed E-state index contributed by atoms with van der Waals surface area (Å²) >= 11 is 4.73. The number of hydrogen-bond donors (Lipinski definition) is 0. The molecule has 0 bridgehead atoms. The summed E-state index contributed by atoms with van der Waals surface area (Å²) in [5.41, 5.74) is 2.28. The molecule has 4 fully saturated rings. The van der Waals surface area contributed by atoms with Crippen LogP contribution in [0.15, 0.2) is 19.3 Å². The number of allylic oxidation sites excluding steroid dienone is 2. The van der Waals surface area contributed by atoms with Crippen LogP contribution >= 0.6 is 45.2 Å². The summed E-state index contributed by atoms with van der Waals surface area (Å²) in [5, 5.41) is 0. The molecule has 4 rings (SSSR count).